The fourth-order valence-corrected chi connectivity index (χ4v) is 2.15. The number of hydrogen-bond donors (Lipinski definition) is 0. The first-order valence-electron chi connectivity index (χ1n) is 6.45. The topological polar surface area (TPSA) is 39.9 Å². The zero-order valence-corrected chi connectivity index (χ0v) is 13.2. The van der Waals surface area contributed by atoms with E-state index in [4.69, 9.17) is 16.3 Å². The van der Waals surface area contributed by atoms with Crippen LogP contribution in [0, 0.1) is 6.92 Å². The minimum absolute atomic E-state index is 0.168. The first-order chi connectivity index (χ1) is 8.95. The van der Waals surface area contributed by atoms with Crippen LogP contribution in [-0.2, 0) is 10.3 Å². The number of rotatable bonds is 3. The maximum absolute atomic E-state index is 5.86. The molecule has 0 N–H and O–H groups in total. The van der Waals surface area contributed by atoms with E-state index in [2.05, 4.69) is 34.6 Å². The van der Waals surface area contributed by atoms with Gasteiger partial charge in [0.2, 0.25) is 5.28 Å². The molecule has 0 aliphatic rings. The van der Waals surface area contributed by atoms with Crippen molar-refractivity contribution in [3.63, 3.8) is 0 Å². The van der Waals surface area contributed by atoms with Crippen molar-refractivity contribution in [2.24, 2.45) is 0 Å². The summed E-state index contributed by atoms with van der Waals surface area (Å²) in [4.78, 5) is 8.33. The lowest BCUT2D eigenvalue weighted by atomic mass is 10.1. The predicted octanol–water partition coefficient (Wildman–Crippen LogP) is 3.80. The Balaban J connectivity index is 0.000000861. The quantitative estimate of drug-likeness (QED) is 0.805. The van der Waals surface area contributed by atoms with Gasteiger partial charge in [0.15, 0.2) is 0 Å². The van der Waals surface area contributed by atoms with Crippen molar-refractivity contribution < 1.29 is 4.74 Å². The van der Waals surface area contributed by atoms with Gasteiger partial charge >= 0.3 is 0 Å². The molecule has 2 rings (SSSR count). The molecule has 0 aliphatic carbocycles. The molecule has 0 saturated carbocycles. The molecule has 0 unspecified atom stereocenters. The maximum Gasteiger partial charge on any atom is 0.224 e. The lowest BCUT2D eigenvalue weighted by Crippen LogP contribution is -2.31. The Hall–Kier alpha value is -1.13. The minimum atomic E-state index is -0.168. The van der Waals surface area contributed by atoms with Crippen LogP contribution in [0.2, 0.25) is 5.28 Å². The van der Waals surface area contributed by atoms with Crippen LogP contribution in [0.15, 0.2) is 12.4 Å². The number of aromatic nitrogens is 3. The summed E-state index contributed by atoms with van der Waals surface area (Å²) in [5, 5.41) is 1.30. The molecule has 2 aromatic rings. The highest BCUT2D eigenvalue weighted by Gasteiger charge is 2.23. The molecule has 0 amide bonds. The van der Waals surface area contributed by atoms with Gasteiger partial charge in [0.05, 0.1) is 12.1 Å². The van der Waals surface area contributed by atoms with Crippen LogP contribution in [0.5, 0.6) is 0 Å². The molecule has 0 aliphatic heterocycles. The van der Waals surface area contributed by atoms with E-state index in [9.17, 15) is 0 Å². The SMILES string of the molecule is CC.COCC(C)(C)n1cc(C)c2cnc(Cl)nc21. The fraction of sp³-hybridized carbons (Fsp3) is 0.571. The van der Waals surface area contributed by atoms with E-state index in [1.165, 1.54) is 0 Å². The molecule has 5 heteroatoms. The summed E-state index contributed by atoms with van der Waals surface area (Å²) < 4.78 is 7.34. The third-order valence-electron chi connectivity index (χ3n) is 2.86. The molecule has 0 aromatic carbocycles. The summed E-state index contributed by atoms with van der Waals surface area (Å²) in [6.45, 7) is 10.9. The highest BCUT2D eigenvalue weighted by Crippen LogP contribution is 2.26. The van der Waals surface area contributed by atoms with E-state index in [0.717, 1.165) is 16.6 Å². The molecule has 2 heterocycles. The monoisotopic (exact) mass is 283 g/mol. The number of methoxy groups -OCH3 is 1. The lowest BCUT2D eigenvalue weighted by Gasteiger charge is -2.26. The van der Waals surface area contributed by atoms with Crippen LogP contribution in [0.1, 0.15) is 33.3 Å². The third kappa shape index (κ3) is 3.25. The van der Waals surface area contributed by atoms with Crippen LogP contribution in [0.3, 0.4) is 0 Å². The smallest absolute Gasteiger partial charge is 0.224 e. The first-order valence-corrected chi connectivity index (χ1v) is 6.83. The highest BCUT2D eigenvalue weighted by molar-refractivity contribution is 6.28. The Morgan fingerprint density at radius 1 is 1.37 bits per heavy atom. The van der Waals surface area contributed by atoms with E-state index >= 15 is 0 Å². The van der Waals surface area contributed by atoms with Gasteiger partial charge in [0.25, 0.3) is 0 Å². The minimum Gasteiger partial charge on any atom is -0.382 e. The highest BCUT2D eigenvalue weighted by atomic mass is 35.5. The molecule has 0 radical (unpaired) electrons. The van der Waals surface area contributed by atoms with Crippen LogP contribution < -0.4 is 0 Å². The molecule has 19 heavy (non-hydrogen) atoms. The largest absolute Gasteiger partial charge is 0.382 e. The molecule has 0 saturated heterocycles. The Morgan fingerprint density at radius 2 is 2.00 bits per heavy atom. The Bertz CT molecular complexity index is 549. The van der Waals surface area contributed by atoms with E-state index in [-0.39, 0.29) is 10.8 Å². The van der Waals surface area contributed by atoms with Crippen molar-refractivity contribution in [3.8, 4) is 0 Å². The Kier molecular flexibility index (Phi) is 5.32. The summed E-state index contributed by atoms with van der Waals surface area (Å²) in [5.74, 6) is 0. The van der Waals surface area contributed by atoms with Crippen LogP contribution in [-0.4, -0.2) is 28.3 Å². The molecule has 4 nitrogen and oxygen atoms in total. The predicted molar refractivity (Wildman–Crippen MR) is 79.8 cm³/mol. The van der Waals surface area contributed by atoms with Gasteiger partial charge < -0.3 is 9.30 Å². The summed E-state index contributed by atoms with van der Waals surface area (Å²) in [6.07, 6.45) is 3.83. The van der Waals surface area contributed by atoms with Crippen molar-refractivity contribution >= 4 is 22.6 Å². The maximum atomic E-state index is 5.86. The number of fused-ring (bicyclic) bond motifs is 1. The molecule has 0 fully saturated rings. The van der Waals surface area contributed by atoms with Gasteiger partial charge in [-0.25, -0.2) is 4.98 Å². The van der Waals surface area contributed by atoms with E-state index < -0.39 is 0 Å². The molecule has 0 bridgehead atoms. The molecule has 106 valence electrons. The Morgan fingerprint density at radius 3 is 2.58 bits per heavy atom. The lowest BCUT2D eigenvalue weighted by molar-refractivity contribution is 0.112. The Labute approximate surface area is 119 Å². The number of halogens is 1. The standard InChI is InChI=1S/C12H16ClN3O.C2H6/c1-8-6-16(12(2,3)7-17-4)10-9(8)5-14-11(13)15-10;1-2/h5-6H,7H2,1-4H3;1-2H3. The number of aryl methyl sites for hydroxylation is 1. The van der Waals surface area contributed by atoms with Gasteiger partial charge in [0.1, 0.15) is 5.65 Å². The molecular weight excluding hydrogens is 262 g/mol. The summed E-state index contributed by atoms with van der Waals surface area (Å²) in [7, 11) is 1.70. The van der Waals surface area contributed by atoms with Gasteiger partial charge in [-0.15, -0.1) is 0 Å². The number of hydrogen-bond acceptors (Lipinski definition) is 3. The van der Waals surface area contributed by atoms with Gasteiger partial charge in [-0.2, -0.15) is 4.98 Å². The molecular formula is C14H22ClN3O. The van der Waals surface area contributed by atoms with Gasteiger partial charge in [-0.3, -0.25) is 0 Å². The van der Waals surface area contributed by atoms with Crippen molar-refractivity contribution in [1.82, 2.24) is 14.5 Å². The van der Waals surface area contributed by atoms with Gasteiger partial charge in [-0.05, 0) is 37.9 Å². The second-order valence-corrected chi connectivity index (χ2v) is 5.14. The second-order valence-electron chi connectivity index (χ2n) is 4.80. The first kappa shape index (κ1) is 15.9. The average Bonchev–Trinajstić information content (AvgIpc) is 2.69. The second kappa shape index (κ2) is 6.35. The normalized spacial score (nSPS) is 11.3. The van der Waals surface area contributed by atoms with Crippen LogP contribution in [0.4, 0.5) is 0 Å². The zero-order valence-electron chi connectivity index (χ0n) is 12.5. The van der Waals surface area contributed by atoms with Crippen LogP contribution in [0.25, 0.3) is 11.0 Å². The van der Waals surface area contributed by atoms with Crippen molar-refractivity contribution in [2.45, 2.75) is 40.2 Å². The zero-order chi connectivity index (χ0) is 14.6. The average molecular weight is 284 g/mol. The van der Waals surface area contributed by atoms with Gasteiger partial charge in [0, 0.05) is 24.9 Å². The van der Waals surface area contributed by atoms with E-state index in [0.29, 0.717) is 6.61 Å². The van der Waals surface area contributed by atoms with Crippen molar-refractivity contribution in [3.05, 3.63) is 23.2 Å². The fourth-order valence-electron chi connectivity index (χ4n) is 2.02. The summed E-state index contributed by atoms with van der Waals surface area (Å²) >= 11 is 5.86. The molecule has 0 atom stereocenters. The summed E-state index contributed by atoms with van der Waals surface area (Å²) in [6, 6.07) is 0. The van der Waals surface area contributed by atoms with E-state index in [1.807, 2.05) is 20.8 Å². The number of nitrogens with zero attached hydrogens (tertiary/aromatic N) is 3. The van der Waals surface area contributed by atoms with Crippen LogP contribution >= 0.6 is 11.6 Å². The van der Waals surface area contributed by atoms with E-state index in [1.54, 1.807) is 13.3 Å². The number of ether oxygens (including phenoxy) is 1. The summed E-state index contributed by atoms with van der Waals surface area (Å²) in [5.41, 5.74) is 1.82. The molecule has 2 aromatic heterocycles. The van der Waals surface area contributed by atoms with Gasteiger partial charge in [-0.1, -0.05) is 13.8 Å². The van der Waals surface area contributed by atoms with Crippen molar-refractivity contribution in [2.75, 3.05) is 13.7 Å². The third-order valence-corrected chi connectivity index (χ3v) is 3.05. The molecule has 0 spiro atoms. The van der Waals surface area contributed by atoms with Crippen molar-refractivity contribution in [1.29, 1.82) is 0 Å².